The van der Waals surface area contributed by atoms with E-state index in [1.54, 1.807) is 14.0 Å². The monoisotopic (exact) mass is 290 g/mol. The van der Waals surface area contributed by atoms with Crippen LogP contribution in [0.2, 0.25) is 0 Å². The number of nitrogens with zero attached hydrogens (tertiary/aromatic N) is 1. The molecule has 0 fully saturated rings. The van der Waals surface area contributed by atoms with Gasteiger partial charge in [-0.1, -0.05) is 19.1 Å². The number of nitrogens with one attached hydrogen (secondary N) is 1. The van der Waals surface area contributed by atoms with E-state index in [4.69, 9.17) is 0 Å². The van der Waals surface area contributed by atoms with E-state index in [0.717, 1.165) is 17.7 Å². The quantitative estimate of drug-likeness (QED) is 0.907. The third-order valence-electron chi connectivity index (χ3n) is 3.72. The first-order chi connectivity index (χ1) is 10.1. The molecule has 0 saturated heterocycles. The van der Waals surface area contributed by atoms with Gasteiger partial charge >= 0.3 is 0 Å². The number of hydrogen-bond donors (Lipinski definition) is 1. The molecule has 1 N–H and O–H groups in total. The molecule has 21 heavy (non-hydrogen) atoms. The Balaban J connectivity index is 2.29. The van der Waals surface area contributed by atoms with E-state index in [0.29, 0.717) is 12.0 Å². The number of hydrogen-bond acceptors (Lipinski definition) is 2. The maximum absolute atomic E-state index is 14.2. The first-order valence-corrected chi connectivity index (χ1v) is 7.12. The molecule has 0 aliphatic rings. The highest BCUT2D eigenvalue weighted by molar-refractivity contribution is 5.30. The fourth-order valence-electron chi connectivity index (χ4n) is 2.34. The van der Waals surface area contributed by atoms with Gasteiger partial charge < -0.3 is 5.32 Å². The minimum atomic E-state index is -0.525. The molecule has 1 aromatic heterocycles. The van der Waals surface area contributed by atoms with E-state index >= 15 is 0 Å². The van der Waals surface area contributed by atoms with Crippen molar-refractivity contribution < 1.29 is 8.78 Å². The maximum atomic E-state index is 14.2. The average molecular weight is 290 g/mol. The minimum Gasteiger partial charge on any atom is -0.312 e. The van der Waals surface area contributed by atoms with Gasteiger partial charge in [0.1, 0.15) is 11.6 Å². The molecular formula is C17H20F2N2. The van der Waals surface area contributed by atoms with Crippen LogP contribution < -0.4 is 5.32 Å². The van der Waals surface area contributed by atoms with Gasteiger partial charge in [-0.25, -0.2) is 8.78 Å². The van der Waals surface area contributed by atoms with Gasteiger partial charge in [-0.3, -0.25) is 4.98 Å². The first-order valence-electron chi connectivity index (χ1n) is 7.12. The summed E-state index contributed by atoms with van der Waals surface area (Å²) in [5.74, 6) is -1.01. The smallest absolute Gasteiger partial charge is 0.133 e. The van der Waals surface area contributed by atoms with Crippen LogP contribution in [0.3, 0.4) is 0 Å². The third kappa shape index (κ3) is 3.45. The molecule has 2 rings (SSSR count). The van der Waals surface area contributed by atoms with Gasteiger partial charge in [0.15, 0.2) is 0 Å². The van der Waals surface area contributed by atoms with Gasteiger partial charge in [-0.05, 0) is 43.7 Å². The largest absolute Gasteiger partial charge is 0.312 e. The molecule has 0 saturated carbocycles. The molecule has 2 aromatic rings. The molecule has 1 atom stereocenters. The summed E-state index contributed by atoms with van der Waals surface area (Å²) in [7, 11) is 1.70. The van der Waals surface area contributed by atoms with E-state index < -0.39 is 17.7 Å². The molecule has 2 nitrogen and oxygen atoms in total. The molecule has 0 radical (unpaired) electrons. The SMILES string of the molecule is CCc1ccc(CC(NC)c2c(F)ccc(C)c2F)nc1. The second kappa shape index (κ2) is 6.76. The predicted octanol–water partition coefficient (Wildman–Crippen LogP) is 3.73. The predicted molar refractivity (Wildman–Crippen MR) is 80.2 cm³/mol. The summed E-state index contributed by atoms with van der Waals surface area (Å²) in [6.45, 7) is 3.70. The lowest BCUT2D eigenvalue weighted by Gasteiger charge is -2.19. The Hall–Kier alpha value is -1.81. The zero-order valence-electron chi connectivity index (χ0n) is 12.6. The summed E-state index contributed by atoms with van der Waals surface area (Å²) in [4.78, 5) is 4.36. The molecule has 0 aliphatic heterocycles. The Morgan fingerprint density at radius 1 is 1.19 bits per heavy atom. The van der Waals surface area contributed by atoms with Crippen LogP contribution in [0.25, 0.3) is 0 Å². The molecule has 4 heteroatoms. The van der Waals surface area contributed by atoms with E-state index in [9.17, 15) is 8.78 Å². The van der Waals surface area contributed by atoms with E-state index in [-0.39, 0.29) is 5.56 Å². The van der Waals surface area contributed by atoms with Crippen molar-refractivity contribution >= 4 is 0 Å². The minimum absolute atomic E-state index is 0.0823. The van der Waals surface area contributed by atoms with Crippen molar-refractivity contribution in [2.24, 2.45) is 0 Å². The van der Waals surface area contributed by atoms with Crippen molar-refractivity contribution in [1.82, 2.24) is 10.3 Å². The highest BCUT2D eigenvalue weighted by Gasteiger charge is 2.21. The topological polar surface area (TPSA) is 24.9 Å². The summed E-state index contributed by atoms with van der Waals surface area (Å²) in [6.07, 6.45) is 3.17. The summed E-state index contributed by atoms with van der Waals surface area (Å²) in [6, 6.07) is 6.23. The Morgan fingerprint density at radius 3 is 2.52 bits per heavy atom. The van der Waals surface area contributed by atoms with Gasteiger partial charge in [0, 0.05) is 29.9 Å². The zero-order chi connectivity index (χ0) is 15.4. The van der Waals surface area contributed by atoms with E-state index in [2.05, 4.69) is 17.2 Å². The van der Waals surface area contributed by atoms with Gasteiger partial charge in [0.2, 0.25) is 0 Å². The van der Waals surface area contributed by atoms with Crippen LogP contribution >= 0.6 is 0 Å². The summed E-state index contributed by atoms with van der Waals surface area (Å²) < 4.78 is 28.2. The Bertz CT molecular complexity index is 609. The standard InChI is InChI=1S/C17H20F2N2/c1-4-12-6-7-13(21-10-12)9-15(20-3)16-14(18)8-5-11(2)17(16)19/h5-8,10,15,20H,4,9H2,1-3H3. The Labute approximate surface area is 124 Å². The fraction of sp³-hybridized carbons (Fsp3) is 0.353. The highest BCUT2D eigenvalue weighted by atomic mass is 19.1. The Kier molecular flexibility index (Phi) is 5.02. The van der Waals surface area contributed by atoms with E-state index in [1.165, 1.54) is 12.1 Å². The van der Waals surface area contributed by atoms with Gasteiger partial charge in [-0.15, -0.1) is 0 Å². The second-order valence-corrected chi connectivity index (χ2v) is 5.15. The van der Waals surface area contributed by atoms with Crippen LogP contribution in [0.4, 0.5) is 8.78 Å². The number of rotatable bonds is 5. The van der Waals surface area contributed by atoms with Crippen LogP contribution in [0.1, 0.15) is 35.3 Å². The lowest BCUT2D eigenvalue weighted by molar-refractivity contribution is 0.483. The molecule has 0 bridgehead atoms. The molecule has 0 amide bonds. The third-order valence-corrected chi connectivity index (χ3v) is 3.72. The van der Waals surface area contributed by atoms with Gasteiger partial charge in [-0.2, -0.15) is 0 Å². The van der Waals surface area contributed by atoms with Gasteiger partial charge in [0.05, 0.1) is 0 Å². The summed E-state index contributed by atoms with van der Waals surface area (Å²) >= 11 is 0. The van der Waals surface area contributed by atoms with Crippen molar-refractivity contribution in [3.8, 4) is 0 Å². The van der Waals surface area contributed by atoms with Crippen molar-refractivity contribution in [3.63, 3.8) is 0 Å². The second-order valence-electron chi connectivity index (χ2n) is 5.15. The lowest BCUT2D eigenvalue weighted by atomic mass is 9.98. The summed E-state index contributed by atoms with van der Waals surface area (Å²) in [5.41, 5.74) is 2.49. The van der Waals surface area contributed by atoms with Crippen LogP contribution in [-0.4, -0.2) is 12.0 Å². The summed E-state index contributed by atoms with van der Waals surface area (Å²) in [5, 5.41) is 2.98. The van der Waals surface area contributed by atoms with Crippen molar-refractivity contribution in [2.45, 2.75) is 32.7 Å². The molecule has 0 spiro atoms. The van der Waals surface area contributed by atoms with Crippen molar-refractivity contribution in [1.29, 1.82) is 0 Å². The Morgan fingerprint density at radius 2 is 1.95 bits per heavy atom. The van der Waals surface area contributed by atoms with Crippen LogP contribution in [0, 0.1) is 18.6 Å². The van der Waals surface area contributed by atoms with Crippen molar-refractivity contribution in [2.75, 3.05) is 7.05 Å². The number of halogens is 2. The van der Waals surface area contributed by atoms with Crippen LogP contribution in [-0.2, 0) is 12.8 Å². The lowest BCUT2D eigenvalue weighted by Crippen LogP contribution is -2.22. The normalized spacial score (nSPS) is 12.4. The highest BCUT2D eigenvalue weighted by Crippen LogP contribution is 2.25. The van der Waals surface area contributed by atoms with Crippen LogP contribution in [0.15, 0.2) is 30.5 Å². The fourth-order valence-corrected chi connectivity index (χ4v) is 2.34. The average Bonchev–Trinajstić information content (AvgIpc) is 2.51. The molecular weight excluding hydrogens is 270 g/mol. The molecule has 0 aliphatic carbocycles. The maximum Gasteiger partial charge on any atom is 0.133 e. The van der Waals surface area contributed by atoms with E-state index in [1.807, 2.05) is 18.3 Å². The van der Waals surface area contributed by atoms with Crippen molar-refractivity contribution in [3.05, 3.63) is 64.5 Å². The molecule has 112 valence electrons. The molecule has 1 heterocycles. The van der Waals surface area contributed by atoms with Crippen LogP contribution in [0.5, 0.6) is 0 Å². The number of aryl methyl sites for hydroxylation is 2. The van der Waals surface area contributed by atoms with Gasteiger partial charge in [0.25, 0.3) is 0 Å². The molecule has 1 unspecified atom stereocenters. The number of aromatic nitrogens is 1. The number of pyridine rings is 1. The number of benzene rings is 1. The molecule has 1 aromatic carbocycles. The first kappa shape index (κ1) is 15.6. The zero-order valence-corrected chi connectivity index (χ0v) is 12.6. The number of likely N-dealkylation sites (N-methyl/N-ethyl adjacent to an activating group) is 1.